The van der Waals surface area contributed by atoms with Gasteiger partial charge >= 0.3 is 0 Å². The van der Waals surface area contributed by atoms with E-state index in [9.17, 15) is 4.79 Å². The summed E-state index contributed by atoms with van der Waals surface area (Å²) in [4.78, 5) is 18.9. The van der Waals surface area contributed by atoms with Gasteiger partial charge in [0.2, 0.25) is 0 Å². The molecule has 5 heteroatoms. The molecule has 2 aliphatic rings. The molecule has 1 aliphatic carbocycles. The number of rotatable bonds is 2. The Hall–Kier alpha value is -2.30. The molecule has 1 amide bonds. The van der Waals surface area contributed by atoms with Crippen LogP contribution in [0, 0.1) is 5.92 Å². The SMILES string of the molecule is NC(=O)c1cc2c([nH]1)-c1ccncc1O[C@H]2C1CCCCC1. The Labute approximate surface area is 128 Å². The molecule has 0 bridgehead atoms. The summed E-state index contributed by atoms with van der Waals surface area (Å²) in [7, 11) is 0. The molecule has 22 heavy (non-hydrogen) atoms. The number of aromatic nitrogens is 2. The molecule has 0 radical (unpaired) electrons. The van der Waals surface area contributed by atoms with Crippen molar-refractivity contribution in [2.75, 3.05) is 0 Å². The van der Waals surface area contributed by atoms with Gasteiger partial charge in [0.1, 0.15) is 17.5 Å². The van der Waals surface area contributed by atoms with Crippen LogP contribution >= 0.6 is 0 Å². The van der Waals surface area contributed by atoms with Crippen LogP contribution in [0.15, 0.2) is 24.5 Å². The molecule has 2 aromatic rings. The summed E-state index contributed by atoms with van der Waals surface area (Å²) in [5.41, 5.74) is 8.85. The molecular formula is C17H19N3O2. The van der Waals surface area contributed by atoms with E-state index in [0.29, 0.717) is 11.6 Å². The van der Waals surface area contributed by atoms with Crippen molar-refractivity contribution in [2.45, 2.75) is 38.2 Å². The van der Waals surface area contributed by atoms with Gasteiger partial charge in [0.15, 0.2) is 0 Å². The predicted octanol–water partition coefficient (Wildman–Crippen LogP) is 3.19. The Morgan fingerprint density at radius 1 is 1.32 bits per heavy atom. The van der Waals surface area contributed by atoms with Crippen molar-refractivity contribution in [1.29, 1.82) is 0 Å². The van der Waals surface area contributed by atoms with Crippen molar-refractivity contribution in [3.8, 4) is 17.0 Å². The first-order valence-corrected chi connectivity index (χ1v) is 7.88. The number of fused-ring (bicyclic) bond motifs is 3. The van der Waals surface area contributed by atoms with Crippen molar-refractivity contribution in [3.63, 3.8) is 0 Å². The average Bonchev–Trinajstić information content (AvgIpc) is 3.01. The van der Waals surface area contributed by atoms with Crippen molar-refractivity contribution >= 4 is 5.91 Å². The van der Waals surface area contributed by atoms with Gasteiger partial charge in [-0.25, -0.2) is 0 Å². The number of nitrogens with two attached hydrogens (primary N) is 1. The van der Waals surface area contributed by atoms with E-state index in [1.165, 1.54) is 19.3 Å². The maximum Gasteiger partial charge on any atom is 0.265 e. The second-order valence-corrected chi connectivity index (χ2v) is 6.19. The Morgan fingerprint density at radius 3 is 2.91 bits per heavy atom. The number of nitrogens with one attached hydrogen (secondary N) is 1. The number of hydrogen-bond donors (Lipinski definition) is 2. The number of carbonyl (C=O) groups is 1. The molecule has 114 valence electrons. The Morgan fingerprint density at radius 2 is 2.14 bits per heavy atom. The van der Waals surface area contributed by atoms with Crippen LogP contribution in [0.4, 0.5) is 0 Å². The lowest BCUT2D eigenvalue weighted by molar-refractivity contribution is 0.0995. The molecule has 0 spiro atoms. The number of nitrogens with zero attached hydrogens (tertiary/aromatic N) is 1. The number of H-pyrrole nitrogens is 1. The number of pyridine rings is 1. The van der Waals surface area contributed by atoms with Crippen LogP contribution in [0.3, 0.4) is 0 Å². The summed E-state index contributed by atoms with van der Waals surface area (Å²) in [6.45, 7) is 0. The van der Waals surface area contributed by atoms with E-state index in [-0.39, 0.29) is 6.10 Å². The first-order valence-electron chi connectivity index (χ1n) is 7.88. The number of aromatic amines is 1. The molecule has 5 nitrogen and oxygen atoms in total. The lowest BCUT2D eigenvalue weighted by Gasteiger charge is -2.34. The van der Waals surface area contributed by atoms with Gasteiger partial charge in [-0.2, -0.15) is 0 Å². The van der Waals surface area contributed by atoms with E-state index >= 15 is 0 Å². The fraction of sp³-hybridized carbons (Fsp3) is 0.412. The summed E-state index contributed by atoms with van der Waals surface area (Å²) in [5.74, 6) is 0.827. The lowest BCUT2D eigenvalue weighted by atomic mass is 9.81. The molecule has 4 rings (SSSR count). The summed E-state index contributed by atoms with van der Waals surface area (Å²) >= 11 is 0. The van der Waals surface area contributed by atoms with Crippen LogP contribution in [0.2, 0.25) is 0 Å². The highest BCUT2D eigenvalue weighted by Crippen LogP contribution is 2.47. The van der Waals surface area contributed by atoms with Gasteiger partial charge in [0.25, 0.3) is 5.91 Å². The Balaban J connectivity index is 1.82. The summed E-state index contributed by atoms with van der Waals surface area (Å²) in [5, 5.41) is 0. The molecule has 3 N–H and O–H groups in total. The molecular weight excluding hydrogens is 278 g/mol. The molecule has 1 saturated carbocycles. The second-order valence-electron chi connectivity index (χ2n) is 6.19. The standard InChI is InChI=1S/C17H19N3O2/c18-17(21)13-8-12-15(20-13)11-6-7-19-9-14(11)22-16(12)10-4-2-1-3-5-10/h6-10,16,20H,1-5H2,(H2,18,21)/t16-/m0/s1. The smallest absolute Gasteiger partial charge is 0.265 e. The Kier molecular flexibility index (Phi) is 3.13. The van der Waals surface area contributed by atoms with Crippen LogP contribution in [0.25, 0.3) is 11.3 Å². The minimum atomic E-state index is -0.438. The van der Waals surface area contributed by atoms with Crippen molar-refractivity contribution in [2.24, 2.45) is 11.7 Å². The summed E-state index contributed by atoms with van der Waals surface area (Å²) in [6.07, 6.45) is 9.58. The third-order valence-electron chi connectivity index (χ3n) is 4.81. The lowest BCUT2D eigenvalue weighted by Crippen LogP contribution is -2.24. The zero-order chi connectivity index (χ0) is 15.1. The van der Waals surface area contributed by atoms with Crippen LogP contribution in [0.5, 0.6) is 5.75 Å². The van der Waals surface area contributed by atoms with E-state index in [0.717, 1.165) is 35.4 Å². The molecule has 1 fully saturated rings. The molecule has 1 aliphatic heterocycles. The molecule has 0 aromatic carbocycles. The van der Waals surface area contributed by atoms with Crippen LogP contribution in [-0.2, 0) is 0 Å². The quantitative estimate of drug-likeness (QED) is 0.893. The van der Waals surface area contributed by atoms with Crippen LogP contribution < -0.4 is 10.5 Å². The minimum Gasteiger partial charge on any atom is -0.483 e. The fourth-order valence-electron chi connectivity index (χ4n) is 3.72. The summed E-state index contributed by atoms with van der Waals surface area (Å²) in [6, 6.07) is 3.77. The maximum absolute atomic E-state index is 11.6. The van der Waals surface area contributed by atoms with E-state index in [1.54, 1.807) is 12.4 Å². The van der Waals surface area contributed by atoms with Gasteiger partial charge in [-0.1, -0.05) is 19.3 Å². The highest BCUT2D eigenvalue weighted by Gasteiger charge is 2.35. The van der Waals surface area contributed by atoms with Gasteiger partial charge in [0, 0.05) is 23.2 Å². The number of hydrogen-bond acceptors (Lipinski definition) is 3. The van der Waals surface area contributed by atoms with Crippen LogP contribution in [-0.4, -0.2) is 15.9 Å². The van der Waals surface area contributed by atoms with E-state index in [4.69, 9.17) is 10.5 Å². The predicted molar refractivity (Wildman–Crippen MR) is 82.5 cm³/mol. The molecule has 1 atom stereocenters. The molecule has 0 saturated heterocycles. The third kappa shape index (κ3) is 2.08. The molecule has 0 unspecified atom stereocenters. The van der Waals surface area contributed by atoms with Crippen molar-refractivity contribution < 1.29 is 9.53 Å². The van der Waals surface area contributed by atoms with Gasteiger partial charge in [0.05, 0.1) is 11.9 Å². The maximum atomic E-state index is 11.6. The number of amides is 1. The van der Waals surface area contributed by atoms with Gasteiger partial charge in [-0.15, -0.1) is 0 Å². The van der Waals surface area contributed by atoms with Crippen LogP contribution in [0.1, 0.15) is 54.3 Å². The highest BCUT2D eigenvalue weighted by atomic mass is 16.5. The highest BCUT2D eigenvalue weighted by molar-refractivity contribution is 5.93. The minimum absolute atomic E-state index is 0.0173. The molecule has 3 heterocycles. The molecule has 2 aromatic heterocycles. The van der Waals surface area contributed by atoms with Gasteiger partial charge < -0.3 is 15.5 Å². The van der Waals surface area contributed by atoms with E-state index in [2.05, 4.69) is 9.97 Å². The number of primary amides is 1. The third-order valence-corrected chi connectivity index (χ3v) is 4.81. The monoisotopic (exact) mass is 297 g/mol. The zero-order valence-corrected chi connectivity index (χ0v) is 12.3. The number of carbonyl (C=O) groups excluding carboxylic acids is 1. The summed E-state index contributed by atoms with van der Waals surface area (Å²) < 4.78 is 6.26. The first kappa shape index (κ1) is 13.4. The first-order chi connectivity index (χ1) is 10.7. The largest absolute Gasteiger partial charge is 0.483 e. The zero-order valence-electron chi connectivity index (χ0n) is 12.3. The van der Waals surface area contributed by atoms with E-state index in [1.807, 2.05) is 12.1 Å². The average molecular weight is 297 g/mol. The normalized spacial score (nSPS) is 20.8. The van der Waals surface area contributed by atoms with E-state index < -0.39 is 5.91 Å². The second kappa shape index (κ2) is 5.16. The topological polar surface area (TPSA) is 81.0 Å². The number of ether oxygens (including phenoxy) is 1. The fourth-order valence-corrected chi connectivity index (χ4v) is 3.72. The van der Waals surface area contributed by atoms with Crippen molar-refractivity contribution in [1.82, 2.24) is 9.97 Å². The van der Waals surface area contributed by atoms with Gasteiger partial charge in [-0.05, 0) is 25.0 Å². The van der Waals surface area contributed by atoms with Crippen molar-refractivity contribution in [3.05, 3.63) is 35.8 Å². The van der Waals surface area contributed by atoms with Gasteiger partial charge in [-0.3, -0.25) is 9.78 Å². The Bertz CT molecular complexity index is 716.